The zero-order valence-electron chi connectivity index (χ0n) is 9.82. The molecule has 1 aliphatic carbocycles. The molecule has 4 nitrogen and oxygen atoms in total. The predicted molar refractivity (Wildman–Crippen MR) is 60.1 cm³/mol. The molecular weight excluding hydrogens is 204 g/mol. The van der Waals surface area contributed by atoms with E-state index in [4.69, 9.17) is 4.52 Å². The number of hydrogen-bond donors (Lipinski definition) is 1. The summed E-state index contributed by atoms with van der Waals surface area (Å²) in [6, 6.07) is 1.96. The third-order valence-corrected chi connectivity index (χ3v) is 3.29. The summed E-state index contributed by atoms with van der Waals surface area (Å²) >= 11 is 0. The Morgan fingerprint density at radius 3 is 2.88 bits per heavy atom. The maximum atomic E-state index is 11.8. The van der Waals surface area contributed by atoms with Crippen molar-refractivity contribution < 1.29 is 9.32 Å². The van der Waals surface area contributed by atoms with E-state index in [2.05, 4.69) is 17.4 Å². The molecule has 1 aromatic heterocycles. The van der Waals surface area contributed by atoms with Crippen molar-refractivity contribution in [2.45, 2.75) is 45.6 Å². The van der Waals surface area contributed by atoms with Crippen LogP contribution in [0.5, 0.6) is 0 Å². The van der Waals surface area contributed by atoms with E-state index in [9.17, 15) is 4.79 Å². The maximum Gasteiger partial charge on any atom is 0.273 e. The van der Waals surface area contributed by atoms with E-state index in [-0.39, 0.29) is 5.91 Å². The van der Waals surface area contributed by atoms with Gasteiger partial charge in [-0.1, -0.05) is 24.9 Å². The van der Waals surface area contributed by atoms with Crippen molar-refractivity contribution in [3.05, 3.63) is 17.5 Å². The first-order chi connectivity index (χ1) is 7.66. The van der Waals surface area contributed by atoms with Gasteiger partial charge in [-0.2, -0.15) is 0 Å². The second-order valence-electron chi connectivity index (χ2n) is 4.66. The summed E-state index contributed by atoms with van der Waals surface area (Å²) in [5.74, 6) is 1.11. The molecule has 4 heteroatoms. The fraction of sp³-hybridized carbons (Fsp3) is 0.667. The summed E-state index contributed by atoms with van der Waals surface area (Å²) in [4.78, 5) is 11.8. The lowest BCUT2D eigenvalue weighted by atomic mass is 9.86. The van der Waals surface area contributed by atoms with Gasteiger partial charge in [-0.25, -0.2) is 0 Å². The molecule has 0 aliphatic heterocycles. The van der Waals surface area contributed by atoms with E-state index in [0.29, 0.717) is 23.4 Å². The van der Waals surface area contributed by atoms with E-state index in [1.54, 1.807) is 13.0 Å². The van der Waals surface area contributed by atoms with Crippen molar-refractivity contribution in [2.24, 2.45) is 5.92 Å². The van der Waals surface area contributed by atoms with Gasteiger partial charge in [-0.05, 0) is 25.7 Å². The summed E-state index contributed by atoms with van der Waals surface area (Å²) < 4.78 is 4.89. The van der Waals surface area contributed by atoms with Crippen LogP contribution in [-0.2, 0) is 0 Å². The molecule has 1 saturated carbocycles. The highest BCUT2D eigenvalue weighted by Crippen LogP contribution is 2.23. The normalized spacial score (nSPS) is 25.4. The van der Waals surface area contributed by atoms with Crippen molar-refractivity contribution in [3.63, 3.8) is 0 Å². The molecule has 0 aromatic carbocycles. The molecular formula is C12H18N2O2. The largest absolute Gasteiger partial charge is 0.361 e. The lowest BCUT2D eigenvalue weighted by molar-refractivity contribution is 0.0901. The Bertz CT molecular complexity index is 373. The van der Waals surface area contributed by atoms with E-state index in [1.165, 1.54) is 19.3 Å². The predicted octanol–water partition coefficient (Wildman–Crippen LogP) is 2.29. The molecule has 1 fully saturated rings. The van der Waals surface area contributed by atoms with Crippen LogP contribution in [0.15, 0.2) is 10.6 Å². The lowest BCUT2D eigenvalue weighted by Gasteiger charge is -2.29. The molecule has 1 aromatic rings. The molecule has 0 saturated heterocycles. The van der Waals surface area contributed by atoms with Gasteiger partial charge in [-0.3, -0.25) is 4.79 Å². The van der Waals surface area contributed by atoms with E-state index in [0.717, 1.165) is 6.42 Å². The van der Waals surface area contributed by atoms with Gasteiger partial charge in [-0.15, -0.1) is 0 Å². The van der Waals surface area contributed by atoms with Gasteiger partial charge in [0.2, 0.25) is 0 Å². The second-order valence-corrected chi connectivity index (χ2v) is 4.66. The topological polar surface area (TPSA) is 55.1 Å². The molecule has 0 unspecified atom stereocenters. The van der Waals surface area contributed by atoms with Gasteiger partial charge in [0, 0.05) is 12.1 Å². The first-order valence-corrected chi connectivity index (χ1v) is 5.91. The van der Waals surface area contributed by atoms with Gasteiger partial charge in [0.15, 0.2) is 5.69 Å². The lowest BCUT2D eigenvalue weighted by Crippen LogP contribution is -2.41. The van der Waals surface area contributed by atoms with Crippen LogP contribution < -0.4 is 5.32 Å². The third kappa shape index (κ3) is 2.43. The van der Waals surface area contributed by atoms with Crippen LogP contribution in [0, 0.1) is 12.8 Å². The highest BCUT2D eigenvalue weighted by atomic mass is 16.5. The fourth-order valence-corrected chi connectivity index (χ4v) is 2.25. The Morgan fingerprint density at radius 2 is 2.25 bits per heavy atom. The number of nitrogens with one attached hydrogen (secondary N) is 1. The Balaban J connectivity index is 1.96. The second kappa shape index (κ2) is 4.68. The average molecular weight is 222 g/mol. The van der Waals surface area contributed by atoms with Crippen LogP contribution in [0.3, 0.4) is 0 Å². The Kier molecular flexibility index (Phi) is 3.27. The van der Waals surface area contributed by atoms with Crippen LogP contribution >= 0.6 is 0 Å². The Labute approximate surface area is 95.4 Å². The minimum Gasteiger partial charge on any atom is -0.361 e. The number of aryl methyl sites for hydroxylation is 1. The van der Waals surface area contributed by atoms with Crippen LogP contribution in [-0.4, -0.2) is 17.1 Å². The summed E-state index contributed by atoms with van der Waals surface area (Å²) in [5.41, 5.74) is 0.385. The molecule has 1 heterocycles. The minimum absolute atomic E-state index is 0.115. The van der Waals surface area contributed by atoms with Crippen molar-refractivity contribution in [1.29, 1.82) is 0 Å². The van der Waals surface area contributed by atoms with Crippen LogP contribution in [0.25, 0.3) is 0 Å². The first kappa shape index (κ1) is 11.2. The molecule has 16 heavy (non-hydrogen) atoms. The average Bonchev–Trinajstić information content (AvgIpc) is 2.68. The summed E-state index contributed by atoms with van der Waals surface area (Å²) in [6.45, 7) is 3.98. The van der Waals surface area contributed by atoms with Crippen LogP contribution in [0.1, 0.15) is 48.9 Å². The van der Waals surface area contributed by atoms with Crippen molar-refractivity contribution in [2.75, 3.05) is 0 Å². The summed E-state index contributed by atoms with van der Waals surface area (Å²) in [7, 11) is 0. The first-order valence-electron chi connectivity index (χ1n) is 5.91. The number of amides is 1. The zero-order valence-corrected chi connectivity index (χ0v) is 9.82. The number of rotatable bonds is 2. The van der Waals surface area contributed by atoms with E-state index in [1.807, 2.05) is 0 Å². The molecule has 2 rings (SSSR count). The molecule has 2 atom stereocenters. The fourth-order valence-electron chi connectivity index (χ4n) is 2.25. The van der Waals surface area contributed by atoms with Gasteiger partial charge in [0.1, 0.15) is 5.76 Å². The van der Waals surface area contributed by atoms with Crippen LogP contribution in [0.2, 0.25) is 0 Å². The number of hydrogen-bond acceptors (Lipinski definition) is 3. The highest BCUT2D eigenvalue weighted by molar-refractivity contribution is 5.92. The summed E-state index contributed by atoms with van der Waals surface area (Å²) in [5, 5.41) is 6.76. The Hall–Kier alpha value is -1.32. The number of carbonyl (C=O) groups is 1. The van der Waals surface area contributed by atoms with Gasteiger partial charge in [0.05, 0.1) is 0 Å². The number of carbonyl (C=O) groups excluding carboxylic acids is 1. The van der Waals surface area contributed by atoms with Gasteiger partial charge in [0.25, 0.3) is 5.91 Å². The molecule has 1 N–H and O–H groups in total. The minimum atomic E-state index is -0.115. The van der Waals surface area contributed by atoms with Crippen LogP contribution in [0.4, 0.5) is 0 Å². The smallest absolute Gasteiger partial charge is 0.273 e. The maximum absolute atomic E-state index is 11.8. The van der Waals surface area contributed by atoms with Gasteiger partial charge >= 0.3 is 0 Å². The monoisotopic (exact) mass is 222 g/mol. The third-order valence-electron chi connectivity index (χ3n) is 3.29. The SMILES string of the molecule is Cc1cc(C(=O)N[C@H]2CCCC[C@H]2C)no1. The molecule has 1 aliphatic rings. The van der Waals surface area contributed by atoms with Gasteiger partial charge < -0.3 is 9.84 Å². The Morgan fingerprint density at radius 1 is 1.50 bits per heavy atom. The highest BCUT2D eigenvalue weighted by Gasteiger charge is 2.24. The number of nitrogens with zero attached hydrogens (tertiary/aromatic N) is 1. The summed E-state index contributed by atoms with van der Waals surface area (Å²) in [6.07, 6.45) is 4.75. The molecule has 0 spiro atoms. The van der Waals surface area contributed by atoms with Crippen molar-refractivity contribution >= 4 is 5.91 Å². The number of aromatic nitrogens is 1. The molecule has 88 valence electrons. The molecule has 1 amide bonds. The zero-order chi connectivity index (χ0) is 11.5. The van der Waals surface area contributed by atoms with E-state index < -0.39 is 0 Å². The van der Waals surface area contributed by atoms with Crippen molar-refractivity contribution in [1.82, 2.24) is 10.5 Å². The quantitative estimate of drug-likeness (QED) is 0.835. The standard InChI is InChI=1S/C12H18N2O2/c1-8-5-3-4-6-10(8)13-12(15)11-7-9(2)16-14-11/h7-8,10H,3-6H2,1-2H3,(H,13,15)/t8-,10+/m1/s1. The van der Waals surface area contributed by atoms with Crippen molar-refractivity contribution in [3.8, 4) is 0 Å². The molecule has 0 bridgehead atoms. The van der Waals surface area contributed by atoms with E-state index >= 15 is 0 Å². The molecule has 0 radical (unpaired) electrons.